The van der Waals surface area contributed by atoms with Crippen molar-refractivity contribution in [3.8, 4) is 11.8 Å². The predicted octanol–water partition coefficient (Wildman–Crippen LogP) is 3.96. The number of ether oxygens (including phenoxy) is 1. The van der Waals surface area contributed by atoms with E-state index in [-0.39, 0.29) is 0 Å². The third-order valence-electron chi connectivity index (χ3n) is 2.00. The molecule has 0 spiro atoms. The second-order valence-corrected chi connectivity index (χ2v) is 5.04. The zero-order valence-electron chi connectivity index (χ0n) is 8.31. The summed E-state index contributed by atoms with van der Waals surface area (Å²) >= 11 is 5.02. The van der Waals surface area contributed by atoms with E-state index in [4.69, 9.17) is 10.00 Å². The van der Waals surface area contributed by atoms with Gasteiger partial charge >= 0.3 is 0 Å². The van der Waals surface area contributed by atoms with Crippen LogP contribution in [-0.2, 0) is 6.61 Å². The highest BCUT2D eigenvalue weighted by molar-refractivity contribution is 9.10. The van der Waals surface area contributed by atoms with Crippen LogP contribution in [0.5, 0.6) is 5.75 Å². The summed E-state index contributed by atoms with van der Waals surface area (Å²) in [5.41, 5.74) is 0.568. The molecule has 0 fully saturated rings. The number of nitriles is 1. The Hall–Kier alpha value is -1.31. The summed E-state index contributed by atoms with van der Waals surface area (Å²) in [6.07, 6.45) is 0. The SMILES string of the molecule is N#Cc1ccccc1OCc1cc(Br)cs1. The van der Waals surface area contributed by atoms with Gasteiger partial charge in [0, 0.05) is 14.7 Å². The van der Waals surface area contributed by atoms with Crippen LogP contribution in [0, 0.1) is 11.3 Å². The number of hydrogen-bond donors (Lipinski definition) is 0. The minimum atomic E-state index is 0.495. The van der Waals surface area contributed by atoms with Gasteiger partial charge in [0.2, 0.25) is 0 Å². The fourth-order valence-electron chi connectivity index (χ4n) is 1.26. The average molecular weight is 294 g/mol. The van der Waals surface area contributed by atoms with Gasteiger partial charge in [0.1, 0.15) is 18.4 Å². The lowest BCUT2D eigenvalue weighted by Crippen LogP contribution is -1.94. The smallest absolute Gasteiger partial charge is 0.137 e. The molecule has 0 atom stereocenters. The molecule has 2 rings (SSSR count). The molecule has 0 radical (unpaired) electrons. The third-order valence-corrected chi connectivity index (χ3v) is 3.67. The zero-order valence-corrected chi connectivity index (χ0v) is 10.7. The van der Waals surface area contributed by atoms with Gasteiger partial charge in [0.05, 0.1) is 5.56 Å². The Morgan fingerprint density at radius 3 is 2.88 bits per heavy atom. The number of para-hydroxylation sites is 1. The van der Waals surface area contributed by atoms with E-state index < -0.39 is 0 Å². The van der Waals surface area contributed by atoms with Gasteiger partial charge in [0.25, 0.3) is 0 Å². The van der Waals surface area contributed by atoms with Crippen LogP contribution in [0.3, 0.4) is 0 Å². The Kier molecular flexibility index (Phi) is 3.60. The Morgan fingerprint density at radius 1 is 1.38 bits per heavy atom. The summed E-state index contributed by atoms with van der Waals surface area (Å²) < 4.78 is 6.65. The van der Waals surface area contributed by atoms with E-state index in [1.807, 2.05) is 23.6 Å². The van der Waals surface area contributed by atoms with Crippen LogP contribution in [0.25, 0.3) is 0 Å². The minimum absolute atomic E-state index is 0.495. The molecular formula is C12H8BrNOS. The molecule has 0 unspecified atom stereocenters. The fourth-order valence-corrected chi connectivity index (χ4v) is 2.63. The lowest BCUT2D eigenvalue weighted by molar-refractivity contribution is 0.309. The third kappa shape index (κ3) is 2.63. The standard InChI is InChI=1S/C12H8BrNOS/c13-10-5-11(16-8-10)7-15-12-4-2-1-3-9(12)6-14/h1-5,8H,7H2. The molecule has 16 heavy (non-hydrogen) atoms. The van der Waals surface area contributed by atoms with Gasteiger partial charge in [-0.1, -0.05) is 12.1 Å². The largest absolute Gasteiger partial charge is 0.487 e. The van der Waals surface area contributed by atoms with Gasteiger partial charge in [0.15, 0.2) is 0 Å². The number of rotatable bonds is 3. The molecule has 1 heterocycles. The van der Waals surface area contributed by atoms with E-state index in [1.54, 1.807) is 23.5 Å². The Balaban J connectivity index is 2.08. The molecular weight excluding hydrogens is 286 g/mol. The van der Waals surface area contributed by atoms with Crippen molar-refractivity contribution in [1.82, 2.24) is 0 Å². The lowest BCUT2D eigenvalue weighted by Gasteiger charge is -2.05. The first-order valence-corrected chi connectivity index (χ1v) is 6.31. The molecule has 0 amide bonds. The van der Waals surface area contributed by atoms with Crippen LogP contribution in [0.4, 0.5) is 0 Å². The lowest BCUT2D eigenvalue weighted by atomic mass is 10.2. The monoisotopic (exact) mass is 293 g/mol. The Bertz CT molecular complexity index is 530. The molecule has 0 bridgehead atoms. The quantitative estimate of drug-likeness (QED) is 0.858. The molecule has 4 heteroatoms. The van der Waals surface area contributed by atoms with Crippen LogP contribution < -0.4 is 4.74 Å². The van der Waals surface area contributed by atoms with Crippen molar-refractivity contribution in [3.05, 3.63) is 50.6 Å². The van der Waals surface area contributed by atoms with E-state index >= 15 is 0 Å². The first-order valence-electron chi connectivity index (χ1n) is 4.64. The molecule has 0 saturated carbocycles. The maximum atomic E-state index is 8.88. The summed E-state index contributed by atoms with van der Waals surface area (Å²) in [6.45, 7) is 0.495. The van der Waals surface area contributed by atoms with Crippen LogP contribution in [0.15, 0.2) is 40.2 Å². The van der Waals surface area contributed by atoms with E-state index in [0.29, 0.717) is 17.9 Å². The van der Waals surface area contributed by atoms with Gasteiger partial charge in [-0.25, -0.2) is 0 Å². The Morgan fingerprint density at radius 2 is 2.19 bits per heavy atom. The molecule has 0 N–H and O–H groups in total. The zero-order chi connectivity index (χ0) is 11.4. The van der Waals surface area contributed by atoms with Crippen LogP contribution in [-0.4, -0.2) is 0 Å². The van der Waals surface area contributed by atoms with Gasteiger partial charge < -0.3 is 4.74 Å². The number of halogens is 1. The first-order chi connectivity index (χ1) is 7.79. The highest BCUT2D eigenvalue weighted by Gasteiger charge is 2.03. The number of hydrogen-bond acceptors (Lipinski definition) is 3. The molecule has 1 aromatic heterocycles. The molecule has 2 nitrogen and oxygen atoms in total. The van der Waals surface area contributed by atoms with Crippen LogP contribution in [0.2, 0.25) is 0 Å². The minimum Gasteiger partial charge on any atom is -0.487 e. The van der Waals surface area contributed by atoms with E-state index in [0.717, 1.165) is 9.35 Å². The van der Waals surface area contributed by atoms with Crippen LogP contribution in [0.1, 0.15) is 10.4 Å². The first kappa shape index (κ1) is 11.2. The summed E-state index contributed by atoms with van der Waals surface area (Å²) in [6, 6.07) is 11.4. The van der Waals surface area contributed by atoms with E-state index in [1.165, 1.54) is 0 Å². The molecule has 0 saturated heterocycles. The molecule has 2 aromatic rings. The second-order valence-electron chi connectivity index (χ2n) is 3.13. The highest BCUT2D eigenvalue weighted by Crippen LogP contribution is 2.23. The summed E-state index contributed by atoms with van der Waals surface area (Å²) in [5, 5.41) is 10.9. The average Bonchev–Trinajstić information content (AvgIpc) is 2.73. The summed E-state index contributed by atoms with van der Waals surface area (Å²) in [5.74, 6) is 0.634. The van der Waals surface area contributed by atoms with Gasteiger partial charge in [-0.15, -0.1) is 11.3 Å². The summed E-state index contributed by atoms with van der Waals surface area (Å²) in [7, 11) is 0. The van der Waals surface area contributed by atoms with Gasteiger partial charge in [-0.2, -0.15) is 5.26 Å². The second kappa shape index (κ2) is 5.15. The summed E-state index contributed by atoms with van der Waals surface area (Å²) in [4.78, 5) is 1.12. The topological polar surface area (TPSA) is 33.0 Å². The maximum Gasteiger partial charge on any atom is 0.137 e. The van der Waals surface area contributed by atoms with E-state index in [9.17, 15) is 0 Å². The molecule has 0 aliphatic rings. The number of benzene rings is 1. The van der Waals surface area contributed by atoms with Crippen molar-refractivity contribution in [2.24, 2.45) is 0 Å². The number of thiophene rings is 1. The van der Waals surface area contributed by atoms with Crippen molar-refractivity contribution in [1.29, 1.82) is 5.26 Å². The normalized spacial score (nSPS) is 9.75. The van der Waals surface area contributed by atoms with E-state index in [2.05, 4.69) is 22.0 Å². The molecule has 80 valence electrons. The highest BCUT2D eigenvalue weighted by atomic mass is 79.9. The Labute approximate surface area is 106 Å². The van der Waals surface area contributed by atoms with Crippen molar-refractivity contribution in [2.45, 2.75) is 6.61 Å². The molecule has 1 aromatic carbocycles. The number of nitrogens with zero attached hydrogens (tertiary/aromatic N) is 1. The van der Waals surface area contributed by atoms with Gasteiger partial charge in [-0.3, -0.25) is 0 Å². The fraction of sp³-hybridized carbons (Fsp3) is 0.0833. The van der Waals surface area contributed by atoms with Crippen molar-refractivity contribution in [2.75, 3.05) is 0 Å². The van der Waals surface area contributed by atoms with Gasteiger partial charge in [-0.05, 0) is 34.1 Å². The van der Waals surface area contributed by atoms with Crippen molar-refractivity contribution < 1.29 is 4.74 Å². The maximum absolute atomic E-state index is 8.88. The molecule has 0 aliphatic heterocycles. The van der Waals surface area contributed by atoms with Crippen molar-refractivity contribution >= 4 is 27.3 Å². The molecule has 0 aliphatic carbocycles. The van der Waals surface area contributed by atoms with Crippen molar-refractivity contribution in [3.63, 3.8) is 0 Å². The van der Waals surface area contributed by atoms with Crippen LogP contribution >= 0.6 is 27.3 Å². The predicted molar refractivity (Wildman–Crippen MR) is 67.5 cm³/mol.